The van der Waals surface area contributed by atoms with Crippen molar-refractivity contribution in [1.82, 2.24) is 4.98 Å². The minimum Gasteiger partial charge on any atom is -0.384 e. The summed E-state index contributed by atoms with van der Waals surface area (Å²) in [5.74, 6) is 0.397. The molecule has 0 aliphatic heterocycles. The van der Waals surface area contributed by atoms with Crippen molar-refractivity contribution in [2.75, 3.05) is 17.7 Å². The Balaban J connectivity index is 2.36. The van der Waals surface area contributed by atoms with Crippen LogP contribution in [0.4, 0.5) is 11.5 Å². The highest BCUT2D eigenvalue weighted by molar-refractivity contribution is 6.06. The molecule has 0 saturated heterocycles. The van der Waals surface area contributed by atoms with Crippen LogP contribution in [0.2, 0.25) is 0 Å². The first kappa shape index (κ1) is 14.1. The molecule has 0 unspecified atom stereocenters. The molecule has 0 atom stereocenters. The Hall–Kier alpha value is -2.36. The number of pyridine rings is 1. The zero-order valence-corrected chi connectivity index (χ0v) is 12.3. The van der Waals surface area contributed by atoms with Crippen molar-refractivity contribution in [1.29, 1.82) is 0 Å². The minimum atomic E-state index is -0.0443. The molecule has 1 heterocycles. The second-order valence-electron chi connectivity index (χ2n) is 5.06. The van der Waals surface area contributed by atoms with Crippen LogP contribution in [-0.2, 0) is 0 Å². The fourth-order valence-electron chi connectivity index (χ4n) is 2.08. The molecule has 0 radical (unpaired) electrons. The number of anilines is 2. The summed E-state index contributed by atoms with van der Waals surface area (Å²) in [5.41, 5.74) is 10.3. The molecule has 0 aliphatic carbocycles. The number of nitrogens with two attached hydrogens (primary N) is 1. The zero-order chi connectivity index (χ0) is 14.9. The molecule has 0 fully saturated rings. The smallest absolute Gasteiger partial charge is 0.258 e. The first-order valence-corrected chi connectivity index (χ1v) is 6.47. The number of aryl methyl sites for hydroxylation is 3. The number of amides is 1. The number of benzene rings is 1. The predicted octanol–water partition coefficient (Wildman–Crippen LogP) is 2.87. The molecule has 2 rings (SSSR count). The molecule has 0 spiro atoms. The molecule has 1 aromatic heterocycles. The van der Waals surface area contributed by atoms with Crippen LogP contribution in [0.5, 0.6) is 0 Å². The van der Waals surface area contributed by atoms with Crippen LogP contribution >= 0.6 is 0 Å². The van der Waals surface area contributed by atoms with E-state index in [1.165, 1.54) is 5.56 Å². The third kappa shape index (κ3) is 2.64. The minimum absolute atomic E-state index is 0.0443. The molecule has 104 valence electrons. The number of hydrogen-bond acceptors (Lipinski definition) is 3. The van der Waals surface area contributed by atoms with E-state index in [9.17, 15) is 4.79 Å². The van der Waals surface area contributed by atoms with Crippen LogP contribution in [0.25, 0.3) is 0 Å². The molecular formula is C16H19N3O. The highest BCUT2D eigenvalue weighted by Gasteiger charge is 2.16. The lowest BCUT2D eigenvalue weighted by molar-refractivity contribution is 0.0992. The van der Waals surface area contributed by atoms with E-state index in [0.29, 0.717) is 11.4 Å². The zero-order valence-electron chi connectivity index (χ0n) is 12.3. The number of nitrogen functional groups attached to an aromatic ring is 1. The first-order valence-electron chi connectivity index (χ1n) is 6.47. The third-order valence-electron chi connectivity index (χ3n) is 3.53. The summed E-state index contributed by atoms with van der Waals surface area (Å²) in [6.07, 6.45) is 1.60. The molecule has 4 nitrogen and oxygen atoms in total. The van der Waals surface area contributed by atoms with E-state index >= 15 is 0 Å². The Morgan fingerprint density at radius 1 is 1.10 bits per heavy atom. The standard InChI is InChI=1S/C16H19N3O/c1-10-7-12(3)14(8-11(10)2)16(20)19(4)13-5-6-15(17)18-9-13/h5-9H,1-4H3,(H2,17,18). The summed E-state index contributed by atoms with van der Waals surface area (Å²) in [7, 11) is 1.74. The average Bonchev–Trinajstić information content (AvgIpc) is 2.42. The van der Waals surface area contributed by atoms with Gasteiger partial charge in [-0.15, -0.1) is 0 Å². The highest BCUT2D eigenvalue weighted by atomic mass is 16.2. The van der Waals surface area contributed by atoms with Gasteiger partial charge in [0.25, 0.3) is 5.91 Å². The van der Waals surface area contributed by atoms with Crippen molar-refractivity contribution in [3.05, 3.63) is 52.7 Å². The molecule has 20 heavy (non-hydrogen) atoms. The van der Waals surface area contributed by atoms with E-state index in [0.717, 1.165) is 16.8 Å². The Morgan fingerprint density at radius 3 is 2.35 bits per heavy atom. The van der Waals surface area contributed by atoms with Gasteiger partial charge in [-0.2, -0.15) is 0 Å². The van der Waals surface area contributed by atoms with Crippen molar-refractivity contribution in [2.45, 2.75) is 20.8 Å². The van der Waals surface area contributed by atoms with Crippen molar-refractivity contribution in [2.24, 2.45) is 0 Å². The van der Waals surface area contributed by atoms with Gasteiger partial charge in [0.2, 0.25) is 0 Å². The molecule has 1 aromatic carbocycles. The van der Waals surface area contributed by atoms with E-state index in [1.807, 2.05) is 32.9 Å². The van der Waals surface area contributed by atoms with Gasteiger partial charge >= 0.3 is 0 Å². The van der Waals surface area contributed by atoms with E-state index in [1.54, 1.807) is 30.3 Å². The lowest BCUT2D eigenvalue weighted by Crippen LogP contribution is -2.27. The molecule has 2 N–H and O–H groups in total. The lowest BCUT2D eigenvalue weighted by Gasteiger charge is -2.19. The number of aromatic nitrogens is 1. The van der Waals surface area contributed by atoms with Gasteiger partial charge in [-0.3, -0.25) is 4.79 Å². The van der Waals surface area contributed by atoms with Gasteiger partial charge in [-0.25, -0.2) is 4.98 Å². The third-order valence-corrected chi connectivity index (χ3v) is 3.53. The van der Waals surface area contributed by atoms with Crippen molar-refractivity contribution in [3.63, 3.8) is 0 Å². The number of carbonyl (C=O) groups excluding carboxylic acids is 1. The summed E-state index contributed by atoms with van der Waals surface area (Å²) >= 11 is 0. The van der Waals surface area contributed by atoms with Gasteiger partial charge in [0.1, 0.15) is 5.82 Å². The molecule has 4 heteroatoms. The summed E-state index contributed by atoms with van der Waals surface area (Å²) in [6, 6.07) is 7.45. The summed E-state index contributed by atoms with van der Waals surface area (Å²) in [5, 5.41) is 0. The molecule has 1 amide bonds. The van der Waals surface area contributed by atoms with Gasteiger partial charge < -0.3 is 10.6 Å². The number of rotatable bonds is 2. The highest BCUT2D eigenvalue weighted by Crippen LogP contribution is 2.20. The summed E-state index contributed by atoms with van der Waals surface area (Å²) in [6.45, 7) is 6.01. The van der Waals surface area contributed by atoms with Crippen LogP contribution in [0.3, 0.4) is 0 Å². The lowest BCUT2D eigenvalue weighted by atomic mass is 10.00. The summed E-state index contributed by atoms with van der Waals surface area (Å²) in [4.78, 5) is 18.2. The van der Waals surface area contributed by atoms with Crippen molar-refractivity contribution >= 4 is 17.4 Å². The maximum atomic E-state index is 12.6. The Labute approximate surface area is 119 Å². The molecule has 0 bridgehead atoms. The van der Waals surface area contributed by atoms with E-state index < -0.39 is 0 Å². The molecule has 0 saturated carbocycles. The van der Waals surface area contributed by atoms with Crippen molar-refractivity contribution < 1.29 is 4.79 Å². The van der Waals surface area contributed by atoms with Gasteiger partial charge in [-0.1, -0.05) is 6.07 Å². The average molecular weight is 269 g/mol. The first-order chi connectivity index (χ1) is 9.40. The number of nitrogens with zero attached hydrogens (tertiary/aromatic N) is 2. The van der Waals surface area contributed by atoms with Gasteiger partial charge in [0.15, 0.2) is 0 Å². The van der Waals surface area contributed by atoms with E-state index in [2.05, 4.69) is 4.98 Å². The molecule has 0 aliphatic rings. The Morgan fingerprint density at radius 2 is 1.75 bits per heavy atom. The molecular weight excluding hydrogens is 250 g/mol. The topological polar surface area (TPSA) is 59.2 Å². The van der Waals surface area contributed by atoms with Gasteiger partial charge in [0.05, 0.1) is 11.9 Å². The Bertz CT molecular complexity index is 648. The SMILES string of the molecule is Cc1cc(C)c(C(=O)N(C)c2ccc(N)nc2)cc1C. The maximum absolute atomic E-state index is 12.6. The van der Waals surface area contributed by atoms with E-state index in [4.69, 9.17) is 5.73 Å². The van der Waals surface area contributed by atoms with Gasteiger partial charge in [-0.05, 0) is 55.7 Å². The monoisotopic (exact) mass is 269 g/mol. The van der Waals surface area contributed by atoms with Crippen LogP contribution in [0.15, 0.2) is 30.5 Å². The quantitative estimate of drug-likeness (QED) is 0.912. The van der Waals surface area contributed by atoms with Crippen LogP contribution in [0, 0.1) is 20.8 Å². The van der Waals surface area contributed by atoms with Crippen LogP contribution in [0.1, 0.15) is 27.0 Å². The maximum Gasteiger partial charge on any atom is 0.258 e. The van der Waals surface area contributed by atoms with Gasteiger partial charge in [0, 0.05) is 12.6 Å². The summed E-state index contributed by atoms with van der Waals surface area (Å²) < 4.78 is 0. The Kier molecular flexibility index (Phi) is 3.74. The number of hydrogen-bond donors (Lipinski definition) is 1. The normalized spacial score (nSPS) is 10.4. The largest absolute Gasteiger partial charge is 0.384 e. The van der Waals surface area contributed by atoms with Crippen molar-refractivity contribution in [3.8, 4) is 0 Å². The predicted molar refractivity (Wildman–Crippen MR) is 82.0 cm³/mol. The second kappa shape index (κ2) is 5.33. The second-order valence-corrected chi connectivity index (χ2v) is 5.06. The number of carbonyl (C=O) groups is 1. The molecule has 2 aromatic rings. The van der Waals surface area contributed by atoms with Crippen LogP contribution < -0.4 is 10.6 Å². The fraction of sp³-hybridized carbons (Fsp3) is 0.250. The fourth-order valence-corrected chi connectivity index (χ4v) is 2.08. The van der Waals surface area contributed by atoms with E-state index in [-0.39, 0.29) is 5.91 Å². The van der Waals surface area contributed by atoms with Crippen LogP contribution in [-0.4, -0.2) is 17.9 Å².